The van der Waals surface area contributed by atoms with Gasteiger partial charge in [-0.2, -0.15) is 0 Å². The Morgan fingerprint density at radius 2 is 1.42 bits per heavy atom. The fourth-order valence-electron chi connectivity index (χ4n) is 13.2. The van der Waals surface area contributed by atoms with Crippen LogP contribution in [-0.2, 0) is 52.2 Å². The second kappa shape index (κ2) is 19.0. The monoisotopic (exact) mass is 912 g/mol. The molecule has 65 heavy (non-hydrogen) atoms. The van der Waals surface area contributed by atoms with Crippen molar-refractivity contribution in [3.05, 3.63) is 53.6 Å². The topological polar surface area (TPSA) is 198 Å². The van der Waals surface area contributed by atoms with E-state index in [1.165, 1.54) is 13.0 Å². The lowest BCUT2D eigenvalue weighted by Gasteiger charge is -2.66. The maximum Gasteiger partial charge on any atom is 0.331 e. The maximum absolute atomic E-state index is 13.5. The van der Waals surface area contributed by atoms with Crippen LogP contribution >= 0.6 is 0 Å². The highest BCUT2D eigenvalue weighted by Crippen LogP contribution is 2.70. The number of aliphatic hydroxyl groups is 4. The number of carbonyl (C=O) groups excluding carboxylic acids is 2. The number of esters is 1. The molecule has 3 heterocycles. The highest BCUT2D eigenvalue weighted by Gasteiger charge is 2.77. The Morgan fingerprint density at radius 3 is 2.08 bits per heavy atom. The van der Waals surface area contributed by atoms with E-state index in [1.54, 1.807) is 27.2 Å². The largest absolute Gasteiger partial charge is 0.458 e. The van der Waals surface area contributed by atoms with Gasteiger partial charge in [0.1, 0.15) is 41.4 Å². The van der Waals surface area contributed by atoms with Crippen molar-refractivity contribution in [1.82, 2.24) is 0 Å². The molecule has 15 nitrogen and oxygen atoms in total. The summed E-state index contributed by atoms with van der Waals surface area (Å²) in [5.74, 6) is -1.71. The molecule has 1 aromatic carbocycles. The van der Waals surface area contributed by atoms with Crippen molar-refractivity contribution in [2.45, 2.75) is 203 Å². The van der Waals surface area contributed by atoms with E-state index in [9.17, 15) is 30.0 Å². The van der Waals surface area contributed by atoms with Crippen molar-refractivity contribution < 1.29 is 72.6 Å². The van der Waals surface area contributed by atoms with Gasteiger partial charge in [0.25, 0.3) is 0 Å². The van der Waals surface area contributed by atoms with Gasteiger partial charge in [0.15, 0.2) is 18.9 Å². The molecule has 7 aliphatic rings. The van der Waals surface area contributed by atoms with Crippen LogP contribution in [0.15, 0.2) is 48.1 Å². The van der Waals surface area contributed by atoms with Gasteiger partial charge in [-0.25, -0.2) is 4.79 Å². The predicted octanol–water partition coefficient (Wildman–Crippen LogP) is 4.93. The molecule has 0 spiro atoms. The van der Waals surface area contributed by atoms with E-state index in [2.05, 4.69) is 13.0 Å². The van der Waals surface area contributed by atoms with E-state index in [0.717, 1.165) is 11.1 Å². The Morgan fingerprint density at radius 1 is 0.785 bits per heavy atom. The Hall–Kier alpha value is -2.64. The van der Waals surface area contributed by atoms with Crippen molar-refractivity contribution >= 4 is 17.8 Å². The average Bonchev–Trinajstić information content (AvgIpc) is 3.57. The molecular weight excluding hydrogens is 841 g/mol. The summed E-state index contributed by atoms with van der Waals surface area (Å²) in [6.45, 7) is 11.0. The smallest absolute Gasteiger partial charge is 0.331 e. The lowest BCUT2D eigenvalue weighted by molar-refractivity contribution is -0.337. The number of fused-ring (bicyclic) bond motifs is 5. The first-order valence-electron chi connectivity index (χ1n) is 23.8. The average molecular weight is 913 g/mol. The Kier molecular flexibility index (Phi) is 14.3. The first-order valence-corrected chi connectivity index (χ1v) is 23.8. The fourth-order valence-corrected chi connectivity index (χ4v) is 13.2. The van der Waals surface area contributed by atoms with Crippen molar-refractivity contribution in [3.8, 4) is 0 Å². The van der Waals surface area contributed by atoms with E-state index in [-0.39, 0.29) is 37.6 Å². The summed E-state index contributed by atoms with van der Waals surface area (Å²) in [5.41, 5.74) is -3.05. The molecule has 20 atom stereocenters. The van der Waals surface area contributed by atoms with Gasteiger partial charge in [-0.15, -0.1) is 0 Å². The molecule has 0 radical (unpaired) electrons. The van der Waals surface area contributed by atoms with Crippen molar-refractivity contribution in [3.63, 3.8) is 0 Å². The SMILES string of the molecule is CO[C@@H]1C[C@H](O[C@@H]2[C@@H](C)O[C@@H](O[C@H]3[C@H](O)C[C@H](O[C@H]4CC[C@@]5(C)C(=CC[C@]6(O)[C@@H]5C[C@@H](OC(=O)C=Cc5ccccc5)[C@]5(C)[C@H](C(C)=O)CC[C@@]56O)C4)O[C@@H]3C)C[C@H]2OC)O[C@H](C)[C@H]1O. The van der Waals surface area contributed by atoms with E-state index >= 15 is 0 Å². The summed E-state index contributed by atoms with van der Waals surface area (Å²) in [6, 6.07) is 9.44. The van der Waals surface area contributed by atoms with Gasteiger partial charge in [-0.05, 0) is 89.7 Å². The van der Waals surface area contributed by atoms with Crippen LogP contribution in [0.3, 0.4) is 0 Å². The number of ether oxygens (including phenoxy) is 9. The summed E-state index contributed by atoms with van der Waals surface area (Å²) >= 11 is 0. The van der Waals surface area contributed by atoms with Crippen LogP contribution in [0.25, 0.3) is 6.08 Å². The number of carbonyl (C=O) groups is 2. The molecule has 8 rings (SSSR count). The molecule has 3 saturated carbocycles. The summed E-state index contributed by atoms with van der Waals surface area (Å²) in [6.07, 6.45) is 0.769. The van der Waals surface area contributed by atoms with Gasteiger partial charge in [0.05, 0.1) is 42.7 Å². The zero-order valence-corrected chi connectivity index (χ0v) is 39.2. The number of hydrogen-bond donors (Lipinski definition) is 4. The number of methoxy groups -OCH3 is 2. The Labute approximate surface area is 383 Å². The van der Waals surface area contributed by atoms with Gasteiger partial charge in [0.2, 0.25) is 0 Å². The van der Waals surface area contributed by atoms with E-state index in [0.29, 0.717) is 38.5 Å². The van der Waals surface area contributed by atoms with Crippen LogP contribution in [0.1, 0.15) is 111 Å². The Bertz CT molecular complexity index is 1900. The predicted molar refractivity (Wildman–Crippen MR) is 235 cm³/mol. The minimum absolute atomic E-state index is 0.0925. The molecule has 3 aliphatic heterocycles. The first kappa shape index (κ1) is 48.8. The molecule has 3 saturated heterocycles. The van der Waals surface area contributed by atoms with Gasteiger partial charge in [-0.1, -0.05) is 55.8 Å². The molecule has 0 bridgehead atoms. The molecule has 4 aliphatic carbocycles. The van der Waals surface area contributed by atoms with E-state index in [4.69, 9.17) is 42.6 Å². The number of ketones is 1. The van der Waals surface area contributed by atoms with Crippen LogP contribution in [0.5, 0.6) is 0 Å². The van der Waals surface area contributed by atoms with E-state index in [1.807, 2.05) is 51.1 Å². The van der Waals surface area contributed by atoms with Crippen molar-refractivity contribution in [1.29, 1.82) is 0 Å². The molecule has 4 N–H and O–H groups in total. The molecule has 6 fully saturated rings. The standard InChI is InChI=1S/C50H72O15/c1-27(51)34-18-21-50(56)48(34,6)39(63-40(53)15-14-31-12-10-9-11-13-31)26-38-47(5)19-17-33(22-32(47)16-20-49(38,50)55)62-41-23-35(52)45(29(3)60-41)64-43-25-37(58-8)46(30(4)61-43)65-42-24-36(57-7)44(54)28(2)59-42/h9-16,28-30,33-39,41-46,52,54-56H,17-26H2,1-8H3/t28-,29-,30-,33+,34+,35-,36-,37-,38-,39-,41+,42+,43+,44-,45-,46-,47+,48+,49+,50-/m1/s1. The molecule has 15 heteroatoms. The van der Waals surface area contributed by atoms with Crippen molar-refractivity contribution in [2.75, 3.05) is 14.2 Å². The maximum atomic E-state index is 13.5. The lowest BCUT2D eigenvalue weighted by atomic mass is 9.43. The fraction of sp³-hybridized carbons (Fsp3) is 0.760. The van der Waals surface area contributed by atoms with Gasteiger partial charge in [-0.3, -0.25) is 4.79 Å². The third-order valence-corrected chi connectivity index (χ3v) is 16.9. The number of rotatable bonds is 12. The summed E-state index contributed by atoms with van der Waals surface area (Å²) in [7, 11) is 3.16. The van der Waals surface area contributed by atoms with Crippen LogP contribution in [0.4, 0.5) is 0 Å². The zero-order chi connectivity index (χ0) is 46.6. The summed E-state index contributed by atoms with van der Waals surface area (Å²) < 4.78 is 55.5. The normalized spacial score (nSPS) is 47.6. The third kappa shape index (κ3) is 8.84. The third-order valence-electron chi connectivity index (χ3n) is 16.9. The minimum atomic E-state index is -1.69. The van der Waals surface area contributed by atoms with Crippen LogP contribution in [-0.4, -0.2) is 144 Å². The van der Waals surface area contributed by atoms with Gasteiger partial charge in [0, 0.05) is 56.8 Å². The van der Waals surface area contributed by atoms with Crippen LogP contribution in [0.2, 0.25) is 0 Å². The molecule has 362 valence electrons. The van der Waals surface area contributed by atoms with Crippen LogP contribution in [0, 0.1) is 22.7 Å². The molecular formula is C50H72O15. The van der Waals surface area contributed by atoms with Crippen molar-refractivity contribution in [2.24, 2.45) is 22.7 Å². The zero-order valence-electron chi connectivity index (χ0n) is 39.2. The molecule has 0 amide bonds. The lowest BCUT2D eigenvalue weighted by Crippen LogP contribution is -2.75. The molecule has 0 aromatic heterocycles. The first-order chi connectivity index (χ1) is 30.8. The van der Waals surface area contributed by atoms with Gasteiger partial charge < -0.3 is 63.1 Å². The van der Waals surface area contributed by atoms with Crippen LogP contribution < -0.4 is 0 Å². The highest BCUT2D eigenvalue weighted by atomic mass is 16.7. The minimum Gasteiger partial charge on any atom is -0.458 e. The number of benzene rings is 1. The van der Waals surface area contributed by atoms with E-state index < -0.39 is 120 Å². The second-order valence-electron chi connectivity index (χ2n) is 20.4. The summed E-state index contributed by atoms with van der Waals surface area (Å²) in [4.78, 5) is 26.7. The number of hydrogen-bond acceptors (Lipinski definition) is 15. The number of Topliss-reactive ketones (excluding diaryl/α,β-unsaturated/α-hetero) is 1. The summed E-state index contributed by atoms with van der Waals surface area (Å²) in [5, 5.41) is 47.7. The highest BCUT2D eigenvalue weighted by molar-refractivity contribution is 5.87. The molecule has 0 unspecified atom stereocenters. The number of aliphatic hydroxyl groups excluding tert-OH is 2. The molecule has 1 aromatic rings. The van der Waals surface area contributed by atoms with Gasteiger partial charge >= 0.3 is 5.97 Å². The second-order valence-corrected chi connectivity index (χ2v) is 20.4. The Balaban J connectivity index is 0.899. The quantitative estimate of drug-likeness (QED) is 0.125.